The Morgan fingerprint density at radius 1 is 1.17 bits per heavy atom. The Balaban J connectivity index is 1.37. The zero-order valence-corrected chi connectivity index (χ0v) is 20.1. The molecule has 9 nitrogen and oxygen atoms in total. The number of rotatable bonds is 6. The summed E-state index contributed by atoms with van der Waals surface area (Å²) in [6.45, 7) is 1.51. The summed E-state index contributed by atoms with van der Waals surface area (Å²) in [7, 11) is 1.56. The van der Waals surface area contributed by atoms with Crippen LogP contribution in [0.4, 0.5) is 0 Å². The first-order valence-corrected chi connectivity index (χ1v) is 12.2. The number of carbonyl (C=O) groups is 2. The monoisotopic (exact) mass is 490 g/mol. The van der Waals surface area contributed by atoms with Gasteiger partial charge in [0.05, 0.1) is 25.5 Å². The van der Waals surface area contributed by atoms with Crippen LogP contribution in [0.3, 0.4) is 0 Å². The number of amides is 2. The minimum Gasteiger partial charge on any atom is -0.496 e. The molecular weight excluding hydrogens is 460 g/mol. The van der Waals surface area contributed by atoms with Crippen LogP contribution < -0.4 is 10.1 Å². The van der Waals surface area contributed by atoms with Crippen molar-refractivity contribution in [2.45, 2.75) is 37.5 Å². The molecule has 0 aliphatic carbocycles. The number of likely N-dealkylation sites (tertiary alicyclic amines) is 1. The van der Waals surface area contributed by atoms with E-state index >= 15 is 0 Å². The first-order chi connectivity index (χ1) is 17.5. The molecule has 2 aliphatic rings. The number of aromatic amines is 1. The van der Waals surface area contributed by atoms with Gasteiger partial charge in [0.1, 0.15) is 5.75 Å². The minimum atomic E-state index is -0.647. The van der Waals surface area contributed by atoms with E-state index in [2.05, 4.69) is 15.5 Å². The van der Waals surface area contributed by atoms with E-state index in [1.54, 1.807) is 42.6 Å². The lowest BCUT2D eigenvalue weighted by Crippen LogP contribution is -2.39. The number of aromatic nitrogens is 2. The lowest BCUT2D eigenvalue weighted by molar-refractivity contribution is 0.0696. The number of nitrogens with zero attached hydrogens (tertiary/aromatic N) is 2. The number of H-pyrrole nitrogens is 1. The fourth-order valence-electron chi connectivity index (χ4n) is 4.98. The third kappa shape index (κ3) is 4.98. The van der Waals surface area contributed by atoms with E-state index < -0.39 is 6.10 Å². The maximum atomic E-state index is 13.6. The second-order valence-corrected chi connectivity index (χ2v) is 9.25. The molecule has 36 heavy (non-hydrogen) atoms. The number of methoxy groups -OCH3 is 1. The molecule has 0 bridgehead atoms. The van der Waals surface area contributed by atoms with Gasteiger partial charge in [-0.1, -0.05) is 12.1 Å². The van der Waals surface area contributed by atoms with Gasteiger partial charge < -0.3 is 24.8 Å². The highest BCUT2D eigenvalue weighted by Crippen LogP contribution is 2.36. The molecular formula is C27H30N4O5. The normalized spacial score (nSPS) is 20.3. The molecule has 2 atom stereocenters. The first-order valence-electron chi connectivity index (χ1n) is 12.2. The van der Waals surface area contributed by atoms with Gasteiger partial charge in [0.2, 0.25) is 0 Å². The number of nitrogens with one attached hydrogen (secondary N) is 2. The summed E-state index contributed by atoms with van der Waals surface area (Å²) in [5, 5.41) is 20.3. The quantitative estimate of drug-likeness (QED) is 0.489. The van der Waals surface area contributed by atoms with Crippen LogP contribution in [0.2, 0.25) is 0 Å². The van der Waals surface area contributed by atoms with E-state index in [4.69, 9.17) is 9.47 Å². The lowest BCUT2D eigenvalue weighted by Gasteiger charge is -2.26. The van der Waals surface area contributed by atoms with Crippen molar-refractivity contribution in [1.82, 2.24) is 20.4 Å². The first kappa shape index (κ1) is 24.0. The lowest BCUT2D eigenvalue weighted by atomic mass is 9.99. The van der Waals surface area contributed by atoms with Gasteiger partial charge in [-0.15, -0.1) is 0 Å². The van der Waals surface area contributed by atoms with Gasteiger partial charge in [0.25, 0.3) is 11.8 Å². The Kier molecular flexibility index (Phi) is 7.02. The van der Waals surface area contributed by atoms with Crippen LogP contribution in [0.5, 0.6) is 5.75 Å². The molecule has 0 radical (unpaired) electrons. The van der Waals surface area contributed by atoms with Crippen LogP contribution in [-0.2, 0) is 4.74 Å². The van der Waals surface area contributed by atoms with Gasteiger partial charge in [-0.2, -0.15) is 5.10 Å². The number of benzene rings is 2. The predicted octanol–water partition coefficient (Wildman–Crippen LogP) is 2.94. The van der Waals surface area contributed by atoms with E-state index in [0.29, 0.717) is 36.5 Å². The number of aliphatic hydroxyl groups excluding tert-OH is 1. The Morgan fingerprint density at radius 2 is 2.00 bits per heavy atom. The van der Waals surface area contributed by atoms with Crippen LogP contribution in [0.1, 0.15) is 51.6 Å². The minimum absolute atomic E-state index is 0.0984. The fraction of sp³-hybridized carbons (Fsp3) is 0.370. The highest BCUT2D eigenvalue weighted by atomic mass is 16.5. The molecule has 3 aromatic rings. The molecule has 2 fully saturated rings. The van der Waals surface area contributed by atoms with Crippen LogP contribution in [0, 0.1) is 0 Å². The maximum absolute atomic E-state index is 13.6. The molecule has 2 aliphatic heterocycles. The van der Waals surface area contributed by atoms with Crippen molar-refractivity contribution in [2.24, 2.45) is 0 Å². The average molecular weight is 491 g/mol. The highest BCUT2D eigenvalue weighted by molar-refractivity contribution is 5.96. The summed E-state index contributed by atoms with van der Waals surface area (Å²) >= 11 is 0. The van der Waals surface area contributed by atoms with Crippen LogP contribution in [0.15, 0.2) is 54.9 Å². The molecule has 0 saturated carbocycles. The zero-order valence-electron chi connectivity index (χ0n) is 20.1. The number of carbonyl (C=O) groups excluding carboxylic acids is 2. The summed E-state index contributed by atoms with van der Waals surface area (Å²) in [4.78, 5) is 28.1. The van der Waals surface area contributed by atoms with E-state index in [1.165, 1.54) is 0 Å². The van der Waals surface area contributed by atoms with Crippen molar-refractivity contribution in [1.29, 1.82) is 0 Å². The number of aliphatic hydroxyl groups is 1. The standard InChI is InChI=1S/C27H30N4O5/c1-35-25-12-19(5-6-23(25)20-14-28-29-15-20)27(34)31-16-22(32)13-24(31)17-3-2-4-18(11-17)26(33)30-21-7-9-36-10-8-21/h2-6,11-12,14-15,21-22,24,32H,7-10,13,16H2,1H3,(H,28,29)(H,30,33)/t22?,24-/m1/s1. The van der Waals surface area contributed by atoms with Crippen molar-refractivity contribution in [3.63, 3.8) is 0 Å². The topological polar surface area (TPSA) is 117 Å². The Labute approximate surface area is 209 Å². The number of hydrogen-bond acceptors (Lipinski definition) is 6. The average Bonchev–Trinajstić information content (AvgIpc) is 3.59. The van der Waals surface area contributed by atoms with E-state index in [0.717, 1.165) is 29.5 Å². The molecule has 0 spiro atoms. The molecule has 3 heterocycles. The second-order valence-electron chi connectivity index (χ2n) is 9.25. The van der Waals surface area contributed by atoms with Gasteiger partial charge in [-0.05, 0) is 55.2 Å². The molecule has 1 unspecified atom stereocenters. The fourth-order valence-corrected chi connectivity index (χ4v) is 4.98. The smallest absolute Gasteiger partial charge is 0.254 e. The SMILES string of the molecule is COc1cc(C(=O)N2CC(O)C[C@@H]2c2cccc(C(=O)NC3CCOCC3)c2)ccc1-c1cn[nH]c1. The summed E-state index contributed by atoms with van der Waals surface area (Å²) in [6, 6.07) is 12.4. The van der Waals surface area contributed by atoms with Gasteiger partial charge in [0, 0.05) is 54.3 Å². The highest BCUT2D eigenvalue weighted by Gasteiger charge is 2.36. The van der Waals surface area contributed by atoms with Crippen molar-refractivity contribution in [2.75, 3.05) is 26.9 Å². The van der Waals surface area contributed by atoms with E-state index in [1.807, 2.05) is 24.3 Å². The van der Waals surface area contributed by atoms with Crippen LogP contribution in [-0.4, -0.2) is 71.0 Å². The zero-order chi connectivity index (χ0) is 25.1. The maximum Gasteiger partial charge on any atom is 0.254 e. The largest absolute Gasteiger partial charge is 0.496 e. The molecule has 2 aromatic carbocycles. The van der Waals surface area contributed by atoms with E-state index in [-0.39, 0.29) is 30.4 Å². The summed E-state index contributed by atoms with van der Waals surface area (Å²) < 4.78 is 10.9. The molecule has 3 N–H and O–H groups in total. The predicted molar refractivity (Wildman–Crippen MR) is 133 cm³/mol. The van der Waals surface area contributed by atoms with E-state index in [9.17, 15) is 14.7 Å². The Morgan fingerprint density at radius 3 is 2.75 bits per heavy atom. The molecule has 188 valence electrons. The van der Waals surface area contributed by atoms with Gasteiger partial charge in [-0.3, -0.25) is 14.7 Å². The molecule has 2 amide bonds. The summed E-state index contributed by atoms with van der Waals surface area (Å²) in [5.74, 6) is 0.218. The molecule has 9 heteroatoms. The summed E-state index contributed by atoms with van der Waals surface area (Å²) in [5.41, 5.74) is 3.51. The molecule has 2 saturated heterocycles. The Bertz CT molecular complexity index is 1220. The summed E-state index contributed by atoms with van der Waals surface area (Å²) in [6.07, 6.45) is 4.80. The number of ether oxygens (including phenoxy) is 2. The third-order valence-electron chi connectivity index (χ3n) is 6.89. The van der Waals surface area contributed by atoms with Gasteiger partial charge in [-0.25, -0.2) is 0 Å². The number of β-amino-alcohol motifs (C(OH)–C–C–N with tert-alkyl or cyclic N) is 1. The molecule has 1 aromatic heterocycles. The van der Waals surface area contributed by atoms with Crippen molar-refractivity contribution < 1.29 is 24.2 Å². The van der Waals surface area contributed by atoms with Crippen molar-refractivity contribution >= 4 is 11.8 Å². The van der Waals surface area contributed by atoms with Crippen LogP contribution >= 0.6 is 0 Å². The van der Waals surface area contributed by atoms with Gasteiger partial charge in [0.15, 0.2) is 0 Å². The van der Waals surface area contributed by atoms with Crippen LogP contribution in [0.25, 0.3) is 11.1 Å². The second kappa shape index (κ2) is 10.5. The van der Waals surface area contributed by atoms with Gasteiger partial charge >= 0.3 is 0 Å². The molecule has 5 rings (SSSR count). The number of hydrogen-bond donors (Lipinski definition) is 3. The Hall–Kier alpha value is -3.69. The van der Waals surface area contributed by atoms with Crippen molar-refractivity contribution in [3.05, 3.63) is 71.5 Å². The van der Waals surface area contributed by atoms with Crippen molar-refractivity contribution in [3.8, 4) is 16.9 Å². The third-order valence-corrected chi connectivity index (χ3v) is 6.89.